The van der Waals surface area contributed by atoms with Crippen LogP contribution in [0.1, 0.15) is 34.5 Å². The van der Waals surface area contributed by atoms with Crippen molar-refractivity contribution in [1.29, 1.82) is 5.26 Å². The number of nitrogens with zero attached hydrogens (tertiary/aromatic N) is 2. The molecule has 94 valence electrons. The Kier molecular flexibility index (Phi) is 3.90. The molecule has 0 aliphatic heterocycles. The molecule has 0 amide bonds. The van der Waals surface area contributed by atoms with Gasteiger partial charge in [0.1, 0.15) is 11.9 Å². The summed E-state index contributed by atoms with van der Waals surface area (Å²) in [4.78, 5) is 16.1. The number of anilines is 1. The van der Waals surface area contributed by atoms with Gasteiger partial charge < -0.3 is 10.1 Å². The summed E-state index contributed by atoms with van der Waals surface area (Å²) in [5, 5.41) is 12.2. The molecule has 1 aliphatic rings. The number of aromatic nitrogens is 1. The first-order chi connectivity index (χ1) is 8.76. The Labute approximate surface area is 106 Å². The Bertz CT molecular complexity index is 506. The van der Waals surface area contributed by atoms with Crippen molar-refractivity contribution in [2.75, 3.05) is 25.6 Å². The number of nitrogens with one attached hydrogen (secondary N) is 1. The van der Waals surface area contributed by atoms with Crippen molar-refractivity contribution >= 4 is 11.6 Å². The minimum atomic E-state index is 0.0868. The molecule has 1 heterocycles. The molecular weight excluding hydrogens is 230 g/mol. The lowest BCUT2D eigenvalue weighted by molar-refractivity contribution is 0.0971. The third-order valence-corrected chi connectivity index (χ3v) is 2.94. The number of Topliss-reactive ketones (excluding diaryl/α,β-unsaturated/α-hetero) is 1. The van der Waals surface area contributed by atoms with Crippen LogP contribution in [-0.2, 0) is 11.2 Å². The van der Waals surface area contributed by atoms with E-state index in [4.69, 9.17) is 10.00 Å². The molecule has 1 N–H and O–H groups in total. The minimum Gasteiger partial charge on any atom is -0.383 e. The lowest BCUT2D eigenvalue weighted by Gasteiger charge is -2.16. The zero-order valence-electron chi connectivity index (χ0n) is 10.3. The number of carbonyl (C=O) groups excluding carboxylic acids is 1. The van der Waals surface area contributed by atoms with Gasteiger partial charge in [0.2, 0.25) is 0 Å². The molecule has 0 fully saturated rings. The molecule has 5 heteroatoms. The van der Waals surface area contributed by atoms with E-state index in [2.05, 4.69) is 16.4 Å². The molecule has 0 saturated carbocycles. The average molecular weight is 245 g/mol. The van der Waals surface area contributed by atoms with Crippen LogP contribution < -0.4 is 5.32 Å². The molecule has 0 saturated heterocycles. The quantitative estimate of drug-likeness (QED) is 0.814. The Morgan fingerprint density at radius 2 is 2.39 bits per heavy atom. The van der Waals surface area contributed by atoms with Crippen molar-refractivity contribution in [2.24, 2.45) is 0 Å². The monoisotopic (exact) mass is 245 g/mol. The molecule has 0 radical (unpaired) electrons. The summed E-state index contributed by atoms with van der Waals surface area (Å²) in [5.41, 5.74) is 1.82. The molecule has 0 unspecified atom stereocenters. The maximum atomic E-state index is 11.7. The molecule has 0 bridgehead atoms. The van der Waals surface area contributed by atoms with Gasteiger partial charge in [0.25, 0.3) is 0 Å². The predicted molar refractivity (Wildman–Crippen MR) is 66.6 cm³/mol. The molecule has 1 aromatic heterocycles. The van der Waals surface area contributed by atoms with Crippen molar-refractivity contribution < 1.29 is 9.53 Å². The largest absolute Gasteiger partial charge is 0.383 e. The molecule has 18 heavy (non-hydrogen) atoms. The second kappa shape index (κ2) is 5.61. The summed E-state index contributed by atoms with van der Waals surface area (Å²) in [7, 11) is 1.62. The van der Waals surface area contributed by atoms with E-state index in [1.165, 1.54) is 0 Å². The lowest BCUT2D eigenvalue weighted by atomic mass is 9.93. The van der Waals surface area contributed by atoms with Crippen molar-refractivity contribution in [3.8, 4) is 6.07 Å². The zero-order valence-corrected chi connectivity index (χ0v) is 10.3. The van der Waals surface area contributed by atoms with Crippen molar-refractivity contribution in [1.82, 2.24) is 4.98 Å². The van der Waals surface area contributed by atoms with Crippen molar-refractivity contribution in [3.63, 3.8) is 0 Å². The Morgan fingerprint density at radius 3 is 3.11 bits per heavy atom. The average Bonchev–Trinajstić information content (AvgIpc) is 2.39. The number of rotatable bonds is 4. The number of carbonyl (C=O) groups is 1. The zero-order chi connectivity index (χ0) is 13.0. The first kappa shape index (κ1) is 12.5. The van der Waals surface area contributed by atoms with Gasteiger partial charge in [0.05, 0.1) is 17.9 Å². The highest BCUT2D eigenvalue weighted by molar-refractivity contribution is 5.98. The second-order valence-corrected chi connectivity index (χ2v) is 4.19. The normalized spacial score (nSPS) is 13.9. The number of hydrogen-bond acceptors (Lipinski definition) is 5. The Morgan fingerprint density at radius 1 is 1.56 bits per heavy atom. The van der Waals surface area contributed by atoms with Crippen LogP contribution in [0.15, 0.2) is 6.07 Å². The predicted octanol–water partition coefficient (Wildman–Crippen LogP) is 1.53. The first-order valence-electron chi connectivity index (χ1n) is 5.96. The number of pyridine rings is 1. The smallest absolute Gasteiger partial charge is 0.164 e. The molecular formula is C13H15N3O2. The van der Waals surface area contributed by atoms with E-state index in [0.29, 0.717) is 36.5 Å². The fourth-order valence-electron chi connectivity index (χ4n) is 2.03. The van der Waals surface area contributed by atoms with Crippen LogP contribution in [0.25, 0.3) is 0 Å². The van der Waals surface area contributed by atoms with Gasteiger partial charge in [-0.15, -0.1) is 0 Å². The number of ketones is 1. The lowest BCUT2D eigenvalue weighted by Crippen LogP contribution is -2.16. The summed E-state index contributed by atoms with van der Waals surface area (Å²) in [6, 6.07) is 3.73. The van der Waals surface area contributed by atoms with Gasteiger partial charge in [-0.05, 0) is 18.9 Å². The third kappa shape index (κ3) is 2.49. The third-order valence-electron chi connectivity index (χ3n) is 2.94. The van der Waals surface area contributed by atoms with E-state index in [-0.39, 0.29) is 5.78 Å². The maximum Gasteiger partial charge on any atom is 0.164 e. The standard InChI is InChI=1S/C13H15N3O2/c1-18-6-5-15-13-9(8-14)7-10-11(16-13)3-2-4-12(10)17/h7H,2-6H2,1H3,(H,15,16). The molecule has 0 spiro atoms. The number of fused-ring (bicyclic) bond motifs is 1. The number of aryl methyl sites for hydroxylation is 1. The van der Waals surface area contributed by atoms with Crippen LogP contribution in [-0.4, -0.2) is 31.0 Å². The summed E-state index contributed by atoms with van der Waals surface area (Å²) in [6.45, 7) is 1.13. The van der Waals surface area contributed by atoms with Crippen LogP contribution in [0, 0.1) is 11.3 Å². The SMILES string of the molecule is COCCNc1nc2c(cc1C#N)C(=O)CCC2. The van der Waals surface area contributed by atoms with E-state index in [1.54, 1.807) is 13.2 Å². The highest BCUT2D eigenvalue weighted by Gasteiger charge is 2.20. The van der Waals surface area contributed by atoms with Crippen molar-refractivity contribution in [2.45, 2.75) is 19.3 Å². The maximum absolute atomic E-state index is 11.7. The van der Waals surface area contributed by atoms with E-state index >= 15 is 0 Å². The summed E-state index contributed by atoms with van der Waals surface area (Å²) in [5.74, 6) is 0.631. The minimum absolute atomic E-state index is 0.0868. The molecule has 1 aromatic rings. The van der Waals surface area contributed by atoms with E-state index in [9.17, 15) is 4.79 Å². The summed E-state index contributed by atoms with van der Waals surface area (Å²) in [6.07, 6.45) is 2.18. The van der Waals surface area contributed by atoms with E-state index in [0.717, 1.165) is 18.5 Å². The van der Waals surface area contributed by atoms with Gasteiger partial charge in [-0.1, -0.05) is 0 Å². The first-order valence-corrected chi connectivity index (χ1v) is 5.96. The second-order valence-electron chi connectivity index (χ2n) is 4.19. The van der Waals surface area contributed by atoms with Crippen LogP contribution >= 0.6 is 0 Å². The van der Waals surface area contributed by atoms with Crippen molar-refractivity contribution in [3.05, 3.63) is 22.9 Å². The highest BCUT2D eigenvalue weighted by Crippen LogP contribution is 2.24. The van der Waals surface area contributed by atoms with Crippen LogP contribution in [0.5, 0.6) is 0 Å². The van der Waals surface area contributed by atoms with Gasteiger partial charge in [0.15, 0.2) is 5.78 Å². The highest BCUT2D eigenvalue weighted by atomic mass is 16.5. The van der Waals surface area contributed by atoms with Gasteiger partial charge in [-0.3, -0.25) is 4.79 Å². The van der Waals surface area contributed by atoms with Crippen LogP contribution in [0.2, 0.25) is 0 Å². The van der Waals surface area contributed by atoms with Crippen LogP contribution in [0.3, 0.4) is 0 Å². The van der Waals surface area contributed by atoms with Gasteiger partial charge in [-0.2, -0.15) is 5.26 Å². The van der Waals surface area contributed by atoms with E-state index in [1.807, 2.05) is 0 Å². The van der Waals surface area contributed by atoms with E-state index < -0.39 is 0 Å². The van der Waals surface area contributed by atoms with Gasteiger partial charge in [-0.25, -0.2) is 4.98 Å². The number of nitriles is 1. The molecule has 5 nitrogen and oxygen atoms in total. The topological polar surface area (TPSA) is 75.0 Å². The Hall–Kier alpha value is -1.93. The molecule has 2 rings (SSSR count). The van der Waals surface area contributed by atoms with Gasteiger partial charge in [0, 0.05) is 25.6 Å². The summed E-state index contributed by atoms with van der Waals surface area (Å²) < 4.78 is 4.94. The van der Waals surface area contributed by atoms with Crippen LogP contribution in [0.4, 0.5) is 5.82 Å². The summed E-state index contributed by atoms with van der Waals surface area (Å²) >= 11 is 0. The Balaban J connectivity index is 2.30. The molecule has 0 aromatic carbocycles. The fraction of sp³-hybridized carbons (Fsp3) is 0.462. The molecule has 1 aliphatic carbocycles. The fourth-order valence-corrected chi connectivity index (χ4v) is 2.03. The number of hydrogen-bond donors (Lipinski definition) is 1. The molecule has 0 atom stereocenters. The van der Waals surface area contributed by atoms with Gasteiger partial charge >= 0.3 is 0 Å². The number of ether oxygens (including phenoxy) is 1. The number of methoxy groups -OCH3 is 1.